The van der Waals surface area contributed by atoms with Gasteiger partial charge in [-0.25, -0.2) is 4.99 Å². The van der Waals surface area contributed by atoms with Crippen LogP contribution in [0.25, 0.3) is 0 Å². The second kappa shape index (κ2) is 10.7. The molecule has 32 heavy (non-hydrogen) atoms. The zero-order valence-electron chi connectivity index (χ0n) is 18.9. The maximum atomic E-state index is 12.8. The molecule has 8 heteroatoms. The maximum Gasteiger partial charge on any atom is 0.233 e. The number of hydrogen-bond donors (Lipinski definition) is 2. The van der Waals surface area contributed by atoms with Crippen molar-refractivity contribution in [2.75, 3.05) is 26.2 Å². The van der Waals surface area contributed by atoms with Crippen molar-refractivity contribution >= 4 is 41.8 Å². The van der Waals surface area contributed by atoms with Gasteiger partial charge >= 0.3 is 0 Å². The van der Waals surface area contributed by atoms with E-state index in [0.29, 0.717) is 25.6 Å². The zero-order chi connectivity index (χ0) is 22.0. The molecule has 174 valence electrons. The number of allylic oxidation sites excluding steroid dienone is 2. The standard InChI is InChI=1S/C24H32N4O3.HI/c1-4-25-24(27-14-16(3)31-19-7-5-6-15(2)12-19)26-10-11-28-22(29)20-17-8-9-18(13-17)21(20)23(28)30;/h5-9,12,16-18,20-21H,4,10-11,13-14H2,1-3H3,(H2,25,26,27);1H. The molecule has 0 spiro atoms. The molecule has 7 nitrogen and oxygen atoms in total. The molecule has 1 saturated heterocycles. The van der Waals surface area contributed by atoms with Gasteiger partial charge in [0, 0.05) is 19.6 Å². The lowest BCUT2D eigenvalue weighted by Crippen LogP contribution is -2.44. The first kappa shape index (κ1) is 24.5. The summed E-state index contributed by atoms with van der Waals surface area (Å²) in [6.07, 6.45) is 5.11. The van der Waals surface area contributed by atoms with E-state index < -0.39 is 0 Å². The first-order valence-corrected chi connectivity index (χ1v) is 11.3. The lowest BCUT2D eigenvalue weighted by molar-refractivity contribution is -0.140. The summed E-state index contributed by atoms with van der Waals surface area (Å²) in [4.78, 5) is 31.6. The number of rotatable bonds is 8. The van der Waals surface area contributed by atoms with Gasteiger partial charge < -0.3 is 15.4 Å². The number of carbonyl (C=O) groups excluding carboxylic acids is 2. The molecule has 2 bridgehead atoms. The molecule has 1 heterocycles. The number of carbonyl (C=O) groups is 2. The number of likely N-dealkylation sites (tertiary alicyclic amines) is 1. The molecule has 1 aliphatic heterocycles. The maximum absolute atomic E-state index is 12.8. The van der Waals surface area contributed by atoms with E-state index in [2.05, 4.69) is 27.8 Å². The Labute approximate surface area is 207 Å². The van der Waals surface area contributed by atoms with Crippen LogP contribution in [0.15, 0.2) is 41.4 Å². The van der Waals surface area contributed by atoms with Gasteiger partial charge in [-0.1, -0.05) is 24.3 Å². The number of nitrogens with one attached hydrogen (secondary N) is 2. The minimum Gasteiger partial charge on any atom is -0.489 e. The Balaban J connectivity index is 0.00000289. The van der Waals surface area contributed by atoms with E-state index in [4.69, 9.17) is 4.74 Å². The number of aliphatic imine (C=N–C) groups is 1. The van der Waals surface area contributed by atoms with Gasteiger partial charge in [-0.2, -0.15) is 0 Å². The highest BCUT2D eigenvalue weighted by atomic mass is 127. The number of amides is 2. The lowest BCUT2D eigenvalue weighted by Gasteiger charge is -2.19. The van der Waals surface area contributed by atoms with Gasteiger partial charge in [0.2, 0.25) is 11.8 Å². The summed E-state index contributed by atoms with van der Waals surface area (Å²) in [6, 6.07) is 7.96. The van der Waals surface area contributed by atoms with Crippen LogP contribution in [0.5, 0.6) is 5.75 Å². The first-order valence-electron chi connectivity index (χ1n) is 11.3. The minimum atomic E-state index is -0.135. The molecular weight excluding hydrogens is 519 g/mol. The number of fused-ring (bicyclic) bond motifs is 5. The monoisotopic (exact) mass is 552 g/mol. The third-order valence-electron chi connectivity index (χ3n) is 6.37. The molecule has 0 aromatic heterocycles. The molecular formula is C24H33IN4O3. The Kier molecular flexibility index (Phi) is 8.19. The fourth-order valence-electron chi connectivity index (χ4n) is 4.99. The number of hydrogen-bond acceptors (Lipinski definition) is 4. The average Bonchev–Trinajstić information content (AvgIpc) is 3.41. The van der Waals surface area contributed by atoms with Crippen LogP contribution in [-0.2, 0) is 9.59 Å². The average molecular weight is 552 g/mol. The smallest absolute Gasteiger partial charge is 0.233 e. The van der Waals surface area contributed by atoms with E-state index in [1.165, 1.54) is 4.90 Å². The SMILES string of the molecule is CCNC(=NCC(C)Oc1cccc(C)c1)NCCN1C(=O)C2C3C=CC(C3)C2C1=O.I. The fourth-order valence-corrected chi connectivity index (χ4v) is 4.99. The van der Waals surface area contributed by atoms with Gasteiger partial charge in [0.1, 0.15) is 11.9 Å². The van der Waals surface area contributed by atoms with Crippen LogP contribution >= 0.6 is 24.0 Å². The quantitative estimate of drug-likeness (QED) is 0.171. The van der Waals surface area contributed by atoms with Crippen LogP contribution in [0.2, 0.25) is 0 Å². The van der Waals surface area contributed by atoms with Crippen molar-refractivity contribution in [2.45, 2.75) is 33.3 Å². The molecule has 2 amide bonds. The van der Waals surface area contributed by atoms with Crippen molar-refractivity contribution in [1.29, 1.82) is 0 Å². The van der Waals surface area contributed by atoms with E-state index in [1.54, 1.807) is 0 Å². The zero-order valence-corrected chi connectivity index (χ0v) is 21.2. The topological polar surface area (TPSA) is 83.0 Å². The summed E-state index contributed by atoms with van der Waals surface area (Å²) >= 11 is 0. The van der Waals surface area contributed by atoms with Crippen molar-refractivity contribution in [3.63, 3.8) is 0 Å². The molecule has 1 aromatic rings. The van der Waals surface area contributed by atoms with E-state index in [-0.39, 0.29) is 65.6 Å². The van der Waals surface area contributed by atoms with E-state index in [9.17, 15) is 9.59 Å². The van der Waals surface area contributed by atoms with Crippen LogP contribution in [0.3, 0.4) is 0 Å². The molecule has 2 fully saturated rings. The lowest BCUT2D eigenvalue weighted by atomic mass is 9.85. The van der Waals surface area contributed by atoms with Crippen molar-refractivity contribution in [2.24, 2.45) is 28.7 Å². The largest absolute Gasteiger partial charge is 0.489 e. The van der Waals surface area contributed by atoms with Crippen molar-refractivity contribution < 1.29 is 14.3 Å². The summed E-state index contributed by atoms with van der Waals surface area (Å²) < 4.78 is 5.94. The number of ether oxygens (including phenoxy) is 1. The summed E-state index contributed by atoms with van der Waals surface area (Å²) in [5, 5.41) is 6.45. The summed E-state index contributed by atoms with van der Waals surface area (Å²) in [6.45, 7) is 8.07. The highest BCUT2D eigenvalue weighted by Gasteiger charge is 2.58. The third-order valence-corrected chi connectivity index (χ3v) is 6.37. The van der Waals surface area contributed by atoms with Gasteiger partial charge in [0.25, 0.3) is 0 Å². The molecule has 2 aliphatic carbocycles. The number of imide groups is 1. The molecule has 5 atom stereocenters. The van der Waals surface area contributed by atoms with Gasteiger partial charge in [0.15, 0.2) is 5.96 Å². The molecule has 2 N–H and O–H groups in total. The Morgan fingerprint density at radius 1 is 1.19 bits per heavy atom. The van der Waals surface area contributed by atoms with E-state index in [0.717, 1.165) is 24.3 Å². The molecule has 5 unspecified atom stereocenters. The van der Waals surface area contributed by atoms with Gasteiger partial charge in [0.05, 0.1) is 18.4 Å². The van der Waals surface area contributed by atoms with Gasteiger partial charge in [-0.3, -0.25) is 14.5 Å². The number of nitrogens with zero attached hydrogens (tertiary/aromatic N) is 2. The van der Waals surface area contributed by atoms with E-state index >= 15 is 0 Å². The van der Waals surface area contributed by atoms with Crippen molar-refractivity contribution in [3.8, 4) is 5.75 Å². The minimum absolute atomic E-state index is 0. The molecule has 4 rings (SSSR count). The Morgan fingerprint density at radius 2 is 1.88 bits per heavy atom. The number of aryl methyl sites for hydroxylation is 1. The highest BCUT2D eigenvalue weighted by molar-refractivity contribution is 14.0. The van der Waals surface area contributed by atoms with Crippen LogP contribution in [0.1, 0.15) is 25.8 Å². The number of benzene rings is 1. The molecule has 1 aromatic carbocycles. The fraction of sp³-hybridized carbons (Fsp3) is 0.542. The van der Waals surface area contributed by atoms with Crippen LogP contribution in [0, 0.1) is 30.6 Å². The van der Waals surface area contributed by atoms with Crippen molar-refractivity contribution in [3.05, 3.63) is 42.0 Å². The normalized spacial score (nSPS) is 26.7. The second-order valence-electron chi connectivity index (χ2n) is 8.72. The Bertz CT molecular complexity index is 873. The summed E-state index contributed by atoms with van der Waals surface area (Å²) in [5.74, 6) is 1.71. The van der Waals surface area contributed by atoms with Crippen LogP contribution in [-0.4, -0.2) is 55.0 Å². The van der Waals surface area contributed by atoms with E-state index in [1.807, 2.05) is 45.0 Å². The molecule has 3 aliphatic rings. The number of halogens is 1. The Hall–Kier alpha value is -2.10. The second-order valence-corrected chi connectivity index (χ2v) is 8.72. The van der Waals surface area contributed by atoms with Gasteiger partial charge in [-0.05, 0) is 56.7 Å². The summed E-state index contributed by atoms with van der Waals surface area (Å²) in [7, 11) is 0. The van der Waals surface area contributed by atoms with Crippen molar-refractivity contribution in [1.82, 2.24) is 15.5 Å². The third kappa shape index (κ3) is 5.10. The van der Waals surface area contributed by atoms with Crippen LogP contribution < -0.4 is 15.4 Å². The molecule has 0 radical (unpaired) electrons. The first-order chi connectivity index (χ1) is 15.0. The highest BCUT2D eigenvalue weighted by Crippen LogP contribution is 2.52. The van der Waals surface area contributed by atoms with Crippen LogP contribution in [0.4, 0.5) is 0 Å². The van der Waals surface area contributed by atoms with Gasteiger partial charge in [-0.15, -0.1) is 24.0 Å². The predicted octanol–water partition coefficient (Wildman–Crippen LogP) is 2.74. The molecule has 1 saturated carbocycles. The number of guanidine groups is 1. The Morgan fingerprint density at radius 3 is 2.50 bits per heavy atom. The predicted molar refractivity (Wildman–Crippen MR) is 135 cm³/mol. The summed E-state index contributed by atoms with van der Waals surface area (Å²) in [5.41, 5.74) is 1.15.